The third-order valence-corrected chi connectivity index (χ3v) is 3.04. The number of rotatable bonds is 5. The van der Waals surface area contributed by atoms with Crippen molar-refractivity contribution >= 4 is 34.6 Å². The van der Waals surface area contributed by atoms with Gasteiger partial charge in [-0.05, 0) is 6.92 Å². The summed E-state index contributed by atoms with van der Waals surface area (Å²) >= 11 is 11.9. The number of benzene rings is 1. The number of nitrogens with zero attached hydrogens (tertiary/aromatic N) is 3. The molecule has 9 heteroatoms. The van der Waals surface area contributed by atoms with E-state index in [0.29, 0.717) is 30.4 Å². The first-order chi connectivity index (χ1) is 9.47. The van der Waals surface area contributed by atoms with Crippen LogP contribution in [0.4, 0.5) is 11.4 Å². The normalized spacial score (nSPS) is 10.6. The summed E-state index contributed by atoms with van der Waals surface area (Å²) in [7, 11) is 0. The number of non-ortho nitro benzene ring substituents is 1. The van der Waals surface area contributed by atoms with Crippen molar-refractivity contribution in [3.63, 3.8) is 0 Å². The van der Waals surface area contributed by atoms with Crippen LogP contribution in [0.25, 0.3) is 0 Å². The van der Waals surface area contributed by atoms with E-state index >= 15 is 0 Å². The molecule has 1 N–H and O–H groups in total. The number of nitrogens with one attached hydrogen (secondary N) is 1. The second-order valence-electron chi connectivity index (χ2n) is 3.95. The van der Waals surface area contributed by atoms with Crippen molar-refractivity contribution in [2.75, 3.05) is 11.9 Å². The van der Waals surface area contributed by atoms with Crippen molar-refractivity contribution in [2.24, 2.45) is 0 Å². The van der Waals surface area contributed by atoms with Gasteiger partial charge in [0.05, 0.1) is 20.7 Å². The van der Waals surface area contributed by atoms with Crippen LogP contribution in [0.2, 0.25) is 10.0 Å². The lowest BCUT2D eigenvalue weighted by molar-refractivity contribution is -0.384. The van der Waals surface area contributed by atoms with Crippen molar-refractivity contribution in [3.8, 4) is 0 Å². The van der Waals surface area contributed by atoms with Crippen LogP contribution < -0.4 is 5.32 Å². The van der Waals surface area contributed by atoms with Crippen LogP contribution in [0, 0.1) is 17.0 Å². The highest BCUT2D eigenvalue weighted by Gasteiger charge is 2.14. The van der Waals surface area contributed by atoms with Crippen LogP contribution in [-0.2, 0) is 6.42 Å². The van der Waals surface area contributed by atoms with Gasteiger partial charge in [-0.15, -0.1) is 0 Å². The fraction of sp³-hybridized carbons (Fsp3) is 0.273. The number of anilines is 1. The quantitative estimate of drug-likeness (QED) is 0.672. The predicted molar refractivity (Wildman–Crippen MR) is 74.3 cm³/mol. The zero-order chi connectivity index (χ0) is 14.7. The number of nitro groups is 1. The highest BCUT2D eigenvalue weighted by Crippen LogP contribution is 2.34. The summed E-state index contributed by atoms with van der Waals surface area (Å²) in [6, 6.07) is 2.49. The molecule has 0 aliphatic heterocycles. The molecule has 0 aliphatic rings. The van der Waals surface area contributed by atoms with Crippen LogP contribution in [0.15, 0.2) is 16.7 Å². The summed E-state index contributed by atoms with van der Waals surface area (Å²) < 4.78 is 4.96. The van der Waals surface area contributed by atoms with E-state index in [1.807, 2.05) is 0 Å². The van der Waals surface area contributed by atoms with Gasteiger partial charge < -0.3 is 9.84 Å². The molecule has 1 aromatic carbocycles. The van der Waals surface area contributed by atoms with Gasteiger partial charge >= 0.3 is 0 Å². The molecule has 0 saturated heterocycles. The smallest absolute Gasteiger partial charge is 0.272 e. The Kier molecular flexibility index (Phi) is 4.41. The van der Waals surface area contributed by atoms with Gasteiger partial charge in [-0.1, -0.05) is 28.4 Å². The summed E-state index contributed by atoms with van der Waals surface area (Å²) in [6.07, 6.45) is 0.491. The third kappa shape index (κ3) is 3.37. The fourth-order valence-corrected chi connectivity index (χ4v) is 2.18. The second-order valence-corrected chi connectivity index (χ2v) is 4.77. The van der Waals surface area contributed by atoms with Gasteiger partial charge in [0.2, 0.25) is 5.89 Å². The van der Waals surface area contributed by atoms with Gasteiger partial charge in [-0.25, -0.2) is 0 Å². The van der Waals surface area contributed by atoms with E-state index in [2.05, 4.69) is 15.5 Å². The second kappa shape index (κ2) is 6.06. The summed E-state index contributed by atoms with van der Waals surface area (Å²) in [5.41, 5.74) is 0.285. The molecule has 0 aliphatic carbocycles. The van der Waals surface area contributed by atoms with Crippen molar-refractivity contribution in [1.82, 2.24) is 10.1 Å². The van der Waals surface area contributed by atoms with Gasteiger partial charge in [0.15, 0.2) is 5.82 Å². The third-order valence-electron chi connectivity index (χ3n) is 2.45. The zero-order valence-corrected chi connectivity index (χ0v) is 11.9. The van der Waals surface area contributed by atoms with Gasteiger partial charge in [0.1, 0.15) is 0 Å². The molecule has 0 fully saturated rings. The van der Waals surface area contributed by atoms with Gasteiger partial charge in [0, 0.05) is 25.1 Å². The van der Waals surface area contributed by atoms with E-state index in [9.17, 15) is 10.1 Å². The van der Waals surface area contributed by atoms with Gasteiger partial charge in [-0.3, -0.25) is 10.1 Å². The summed E-state index contributed by atoms with van der Waals surface area (Å²) in [5.74, 6) is 1.05. The maximum atomic E-state index is 10.7. The lowest BCUT2D eigenvalue weighted by Crippen LogP contribution is -2.06. The van der Waals surface area contributed by atoms with Crippen LogP contribution in [0.5, 0.6) is 0 Å². The van der Waals surface area contributed by atoms with Crippen LogP contribution >= 0.6 is 23.2 Å². The Labute approximate surface area is 124 Å². The van der Waals surface area contributed by atoms with E-state index in [4.69, 9.17) is 27.7 Å². The monoisotopic (exact) mass is 316 g/mol. The maximum absolute atomic E-state index is 10.7. The fourth-order valence-electron chi connectivity index (χ4n) is 1.57. The van der Waals surface area contributed by atoms with Gasteiger partial charge in [-0.2, -0.15) is 4.98 Å². The molecule has 1 heterocycles. The average molecular weight is 317 g/mol. The molecule has 1 aromatic heterocycles. The van der Waals surface area contributed by atoms with E-state index in [1.165, 1.54) is 12.1 Å². The Hall–Kier alpha value is -1.86. The van der Waals surface area contributed by atoms with Crippen molar-refractivity contribution in [3.05, 3.63) is 44.0 Å². The predicted octanol–water partition coefficient (Wildman–Crippen LogP) is 3.25. The molecule has 106 valence electrons. The highest BCUT2D eigenvalue weighted by molar-refractivity contribution is 6.39. The number of hydrogen-bond donors (Lipinski definition) is 1. The SMILES string of the molecule is Cc1noc(CCNc2c(Cl)cc([N+](=O)[O-])cc2Cl)n1. The van der Waals surface area contributed by atoms with Crippen LogP contribution in [0.1, 0.15) is 11.7 Å². The Balaban J connectivity index is 2.04. The van der Waals surface area contributed by atoms with Crippen LogP contribution in [-0.4, -0.2) is 21.6 Å². The van der Waals surface area contributed by atoms with E-state index in [-0.39, 0.29) is 15.7 Å². The van der Waals surface area contributed by atoms with Crippen LogP contribution in [0.3, 0.4) is 0 Å². The zero-order valence-electron chi connectivity index (χ0n) is 10.4. The average Bonchev–Trinajstić information content (AvgIpc) is 2.78. The lowest BCUT2D eigenvalue weighted by Gasteiger charge is -2.09. The maximum Gasteiger partial charge on any atom is 0.272 e. The number of nitro benzene ring substituents is 1. The van der Waals surface area contributed by atoms with E-state index < -0.39 is 4.92 Å². The number of halogens is 2. The molecule has 0 bridgehead atoms. The molecular formula is C11H10Cl2N4O3. The number of aryl methyl sites for hydroxylation is 1. The summed E-state index contributed by atoms with van der Waals surface area (Å²) in [4.78, 5) is 14.2. The number of aromatic nitrogens is 2. The molecule has 0 atom stereocenters. The molecule has 0 spiro atoms. The Morgan fingerprint density at radius 2 is 2.05 bits per heavy atom. The largest absolute Gasteiger partial charge is 0.382 e. The molecule has 2 aromatic rings. The Morgan fingerprint density at radius 3 is 2.55 bits per heavy atom. The molecule has 0 unspecified atom stereocenters. The first kappa shape index (κ1) is 14.5. The van der Waals surface area contributed by atoms with Crippen molar-refractivity contribution in [1.29, 1.82) is 0 Å². The molecular weight excluding hydrogens is 307 g/mol. The highest BCUT2D eigenvalue weighted by atomic mass is 35.5. The molecule has 7 nitrogen and oxygen atoms in total. The topological polar surface area (TPSA) is 94.1 Å². The first-order valence-electron chi connectivity index (χ1n) is 5.64. The Bertz CT molecular complexity index is 621. The van der Waals surface area contributed by atoms with E-state index in [0.717, 1.165) is 0 Å². The molecule has 0 radical (unpaired) electrons. The standard InChI is InChI=1S/C11H10Cl2N4O3/c1-6-15-10(20-16-6)2-3-14-11-8(12)4-7(17(18)19)5-9(11)13/h4-5,14H,2-3H2,1H3. The van der Waals surface area contributed by atoms with Crippen molar-refractivity contribution in [2.45, 2.75) is 13.3 Å². The summed E-state index contributed by atoms with van der Waals surface area (Å²) in [5, 5.41) is 17.7. The minimum atomic E-state index is -0.553. The lowest BCUT2D eigenvalue weighted by atomic mass is 10.2. The molecule has 20 heavy (non-hydrogen) atoms. The molecule has 2 rings (SSSR count). The van der Waals surface area contributed by atoms with E-state index in [1.54, 1.807) is 6.92 Å². The molecule has 0 amide bonds. The van der Waals surface area contributed by atoms with Gasteiger partial charge in [0.25, 0.3) is 5.69 Å². The minimum Gasteiger partial charge on any atom is -0.382 e. The Morgan fingerprint density at radius 1 is 1.40 bits per heavy atom. The summed E-state index contributed by atoms with van der Waals surface area (Å²) in [6.45, 7) is 2.18. The number of hydrogen-bond acceptors (Lipinski definition) is 6. The minimum absolute atomic E-state index is 0.155. The first-order valence-corrected chi connectivity index (χ1v) is 6.39. The molecule has 0 saturated carbocycles. The van der Waals surface area contributed by atoms with Crippen molar-refractivity contribution < 1.29 is 9.45 Å².